The molecule has 0 aromatic heterocycles. The fraction of sp³-hybridized carbons (Fsp3) is 0.389. The SMILES string of the molecule is COc1ccc([C@H]2NC(=S)NC3=C2CCCC3=C2SCCS2)cc1. The van der Waals surface area contributed by atoms with Gasteiger partial charge in [-0.3, -0.25) is 0 Å². The average Bonchev–Trinajstić information content (AvgIpc) is 3.15. The fourth-order valence-corrected chi connectivity index (χ4v) is 6.33. The molecule has 3 aliphatic rings. The van der Waals surface area contributed by atoms with Crippen LogP contribution in [0.4, 0.5) is 0 Å². The van der Waals surface area contributed by atoms with E-state index in [4.69, 9.17) is 17.0 Å². The molecule has 126 valence electrons. The minimum atomic E-state index is 0.159. The van der Waals surface area contributed by atoms with Crippen molar-refractivity contribution in [3.63, 3.8) is 0 Å². The summed E-state index contributed by atoms with van der Waals surface area (Å²) in [5, 5.41) is 7.65. The van der Waals surface area contributed by atoms with Gasteiger partial charge in [0.05, 0.1) is 13.2 Å². The van der Waals surface area contributed by atoms with Gasteiger partial charge in [-0.25, -0.2) is 0 Å². The van der Waals surface area contributed by atoms with Gasteiger partial charge in [0.1, 0.15) is 5.75 Å². The zero-order valence-corrected chi connectivity index (χ0v) is 16.0. The van der Waals surface area contributed by atoms with Crippen LogP contribution in [0.2, 0.25) is 0 Å². The van der Waals surface area contributed by atoms with Gasteiger partial charge in [-0.2, -0.15) is 0 Å². The van der Waals surface area contributed by atoms with Crippen LogP contribution in [0, 0.1) is 0 Å². The highest BCUT2D eigenvalue weighted by atomic mass is 32.2. The van der Waals surface area contributed by atoms with Crippen LogP contribution in [0.25, 0.3) is 0 Å². The van der Waals surface area contributed by atoms with Crippen molar-refractivity contribution in [2.24, 2.45) is 0 Å². The maximum Gasteiger partial charge on any atom is 0.171 e. The van der Waals surface area contributed by atoms with E-state index >= 15 is 0 Å². The Morgan fingerprint density at radius 2 is 1.88 bits per heavy atom. The van der Waals surface area contributed by atoms with Crippen LogP contribution in [0.1, 0.15) is 30.9 Å². The molecule has 0 unspecified atom stereocenters. The normalized spacial score (nSPS) is 23.7. The quantitative estimate of drug-likeness (QED) is 0.747. The zero-order chi connectivity index (χ0) is 16.5. The fourth-order valence-electron chi connectivity index (χ4n) is 3.48. The molecule has 2 N–H and O–H groups in total. The number of thioether (sulfide) groups is 2. The molecule has 3 nitrogen and oxygen atoms in total. The van der Waals surface area contributed by atoms with Gasteiger partial charge in [-0.15, -0.1) is 23.5 Å². The molecule has 1 atom stereocenters. The highest BCUT2D eigenvalue weighted by Crippen LogP contribution is 2.46. The van der Waals surface area contributed by atoms with E-state index in [1.165, 1.54) is 44.6 Å². The second-order valence-electron chi connectivity index (χ2n) is 6.02. The number of ether oxygens (including phenoxy) is 1. The Hall–Kier alpha value is -1.11. The summed E-state index contributed by atoms with van der Waals surface area (Å²) in [5.74, 6) is 3.32. The molecule has 0 radical (unpaired) electrons. The zero-order valence-electron chi connectivity index (χ0n) is 13.6. The summed E-state index contributed by atoms with van der Waals surface area (Å²) < 4.78 is 6.78. The average molecular weight is 377 g/mol. The first-order valence-corrected chi connectivity index (χ1v) is 10.6. The summed E-state index contributed by atoms with van der Waals surface area (Å²) in [6.07, 6.45) is 3.47. The number of benzene rings is 1. The van der Waals surface area contributed by atoms with Gasteiger partial charge in [-0.05, 0) is 60.3 Å². The van der Waals surface area contributed by atoms with E-state index in [-0.39, 0.29) is 6.04 Å². The van der Waals surface area contributed by atoms with Crippen LogP contribution in [-0.2, 0) is 0 Å². The number of allylic oxidation sites excluding steroid dienone is 1. The van der Waals surface area contributed by atoms with Crippen molar-refractivity contribution >= 4 is 40.9 Å². The molecular formula is C18H20N2OS3. The molecule has 0 bridgehead atoms. The second kappa shape index (κ2) is 7.02. The predicted molar refractivity (Wildman–Crippen MR) is 107 cm³/mol. The van der Waals surface area contributed by atoms with Crippen LogP contribution < -0.4 is 15.4 Å². The minimum Gasteiger partial charge on any atom is -0.497 e. The van der Waals surface area contributed by atoms with Crippen LogP contribution in [0.15, 0.2) is 45.3 Å². The monoisotopic (exact) mass is 376 g/mol. The minimum absolute atomic E-state index is 0.159. The number of nitrogens with one attached hydrogen (secondary N) is 2. The molecule has 2 heterocycles. The lowest BCUT2D eigenvalue weighted by molar-refractivity contribution is 0.414. The lowest BCUT2D eigenvalue weighted by atomic mass is 9.84. The van der Waals surface area contributed by atoms with Gasteiger partial charge in [0.15, 0.2) is 5.11 Å². The van der Waals surface area contributed by atoms with E-state index < -0.39 is 0 Å². The van der Waals surface area contributed by atoms with Gasteiger partial charge in [0.25, 0.3) is 0 Å². The Morgan fingerprint density at radius 3 is 2.58 bits per heavy atom. The third kappa shape index (κ3) is 3.07. The van der Waals surface area contributed by atoms with Gasteiger partial charge < -0.3 is 15.4 Å². The van der Waals surface area contributed by atoms with Crippen molar-refractivity contribution in [1.29, 1.82) is 0 Å². The van der Waals surface area contributed by atoms with Crippen molar-refractivity contribution in [3.05, 3.63) is 50.9 Å². The summed E-state index contributed by atoms with van der Waals surface area (Å²) in [4.78, 5) is 0. The van der Waals surface area contributed by atoms with Crippen LogP contribution >= 0.6 is 35.7 Å². The maximum atomic E-state index is 5.51. The summed E-state index contributed by atoms with van der Waals surface area (Å²) in [7, 11) is 1.70. The Morgan fingerprint density at radius 1 is 1.12 bits per heavy atom. The largest absolute Gasteiger partial charge is 0.497 e. The molecular weight excluding hydrogens is 356 g/mol. The summed E-state index contributed by atoms with van der Waals surface area (Å²) >= 11 is 9.50. The molecule has 1 fully saturated rings. The molecule has 2 aliphatic heterocycles. The molecule has 6 heteroatoms. The van der Waals surface area contributed by atoms with Gasteiger partial charge in [-0.1, -0.05) is 12.1 Å². The Kier molecular flexibility index (Phi) is 4.79. The van der Waals surface area contributed by atoms with Gasteiger partial charge in [0.2, 0.25) is 0 Å². The van der Waals surface area contributed by atoms with Crippen molar-refractivity contribution in [3.8, 4) is 5.75 Å². The molecule has 1 aliphatic carbocycles. The topological polar surface area (TPSA) is 33.3 Å². The second-order valence-corrected chi connectivity index (χ2v) is 8.90. The molecule has 0 amide bonds. The molecule has 4 rings (SSSR count). The van der Waals surface area contributed by atoms with E-state index in [1.807, 2.05) is 35.7 Å². The number of methoxy groups -OCH3 is 1. The first-order valence-electron chi connectivity index (χ1n) is 8.20. The van der Waals surface area contributed by atoms with E-state index in [0.29, 0.717) is 0 Å². The van der Waals surface area contributed by atoms with E-state index in [0.717, 1.165) is 23.7 Å². The summed E-state index contributed by atoms with van der Waals surface area (Å²) in [6, 6.07) is 8.47. The number of thiocarbonyl (C=S) groups is 1. The number of hydrogen-bond acceptors (Lipinski definition) is 4. The van der Waals surface area contributed by atoms with E-state index in [9.17, 15) is 0 Å². The first-order chi connectivity index (χ1) is 11.8. The predicted octanol–water partition coefficient (Wildman–Crippen LogP) is 4.34. The van der Waals surface area contributed by atoms with Crippen molar-refractivity contribution < 1.29 is 4.74 Å². The number of hydrogen-bond donors (Lipinski definition) is 2. The molecule has 1 aromatic rings. The summed E-state index contributed by atoms with van der Waals surface area (Å²) in [5.41, 5.74) is 5.44. The molecule has 0 spiro atoms. The highest BCUT2D eigenvalue weighted by molar-refractivity contribution is 8.25. The maximum absolute atomic E-state index is 5.51. The Labute approximate surface area is 156 Å². The summed E-state index contributed by atoms with van der Waals surface area (Å²) in [6.45, 7) is 0. The first kappa shape index (κ1) is 16.4. The van der Waals surface area contributed by atoms with E-state index in [1.54, 1.807) is 7.11 Å². The third-order valence-corrected chi connectivity index (χ3v) is 7.62. The molecule has 1 aromatic carbocycles. The lowest BCUT2D eigenvalue weighted by Gasteiger charge is -2.36. The molecule has 24 heavy (non-hydrogen) atoms. The standard InChI is InChI=1S/C18H20N2OS3/c1-21-12-7-5-11(6-8-12)15-13-3-2-4-14(17-23-9-10-24-17)16(13)20-18(22)19-15/h5-8,15H,2-4,9-10H2,1H3,(H2,19,20,22)/t15-/m1/s1. The van der Waals surface area contributed by atoms with Crippen molar-refractivity contribution in [1.82, 2.24) is 10.6 Å². The van der Waals surface area contributed by atoms with E-state index in [2.05, 4.69) is 22.8 Å². The van der Waals surface area contributed by atoms with Crippen LogP contribution in [0.3, 0.4) is 0 Å². The van der Waals surface area contributed by atoms with Crippen molar-refractivity contribution in [2.75, 3.05) is 18.6 Å². The van der Waals surface area contributed by atoms with Gasteiger partial charge in [0, 0.05) is 21.4 Å². The lowest BCUT2D eigenvalue weighted by Crippen LogP contribution is -2.45. The van der Waals surface area contributed by atoms with Crippen LogP contribution in [0.5, 0.6) is 5.75 Å². The Bertz CT molecular complexity index is 716. The molecule has 1 saturated heterocycles. The third-order valence-electron chi connectivity index (χ3n) is 4.60. The van der Waals surface area contributed by atoms with Crippen molar-refractivity contribution in [2.45, 2.75) is 25.3 Å². The Balaban J connectivity index is 1.75. The van der Waals surface area contributed by atoms with Gasteiger partial charge >= 0.3 is 0 Å². The highest BCUT2D eigenvalue weighted by Gasteiger charge is 2.32. The van der Waals surface area contributed by atoms with Crippen LogP contribution in [-0.4, -0.2) is 23.7 Å². The molecule has 0 saturated carbocycles. The number of rotatable bonds is 2. The smallest absolute Gasteiger partial charge is 0.171 e.